The molecule has 0 N–H and O–H groups in total. The van der Waals surface area contributed by atoms with Crippen molar-refractivity contribution in [1.82, 2.24) is 9.97 Å². The van der Waals surface area contributed by atoms with Gasteiger partial charge in [-0.3, -0.25) is 0 Å². The Labute approximate surface area is 105 Å². The molecule has 0 saturated carbocycles. The highest BCUT2D eigenvalue weighted by atomic mass is 32.2. The van der Waals surface area contributed by atoms with Crippen LogP contribution in [0.3, 0.4) is 0 Å². The Morgan fingerprint density at radius 1 is 1.41 bits per heavy atom. The van der Waals surface area contributed by atoms with Crippen LogP contribution in [-0.4, -0.2) is 22.8 Å². The predicted molar refractivity (Wildman–Crippen MR) is 71.7 cm³/mol. The van der Waals surface area contributed by atoms with Crippen LogP contribution in [0.15, 0.2) is 36.0 Å². The van der Waals surface area contributed by atoms with Crippen LogP contribution in [0, 0.1) is 6.92 Å². The molecule has 4 heteroatoms. The van der Waals surface area contributed by atoms with Gasteiger partial charge < -0.3 is 4.74 Å². The van der Waals surface area contributed by atoms with Gasteiger partial charge in [-0.1, -0.05) is 17.8 Å². The summed E-state index contributed by atoms with van der Waals surface area (Å²) in [5, 5.41) is 1.83. The fourth-order valence-corrected chi connectivity index (χ4v) is 2.19. The number of hydrogen-bond donors (Lipinski definition) is 0. The van der Waals surface area contributed by atoms with Crippen LogP contribution in [0.1, 0.15) is 5.69 Å². The van der Waals surface area contributed by atoms with Gasteiger partial charge in [0.25, 0.3) is 0 Å². The van der Waals surface area contributed by atoms with Crippen molar-refractivity contribution in [1.29, 1.82) is 0 Å². The highest BCUT2D eigenvalue weighted by Crippen LogP contribution is 2.24. The summed E-state index contributed by atoms with van der Waals surface area (Å²) < 4.78 is 5.20. The van der Waals surface area contributed by atoms with Crippen LogP contribution in [0.25, 0.3) is 10.9 Å². The number of aromatic nitrogens is 2. The van der Waals surface area contributed by atoms with Crippen LogP contribution >= 0.6 is 11.8 Å². The first-order valence-electron chi connectivity index (χ1n) is 5.30. The highest BCUT2D eigenvalue weighted by molar-refractivity contribution is 7.99. The number of hydrogen-bond acceptors (Lipinski definition) is 4. The molecule has 0 fully saturated rings. The summed E-state index contributed by atoms with van der Waals surface area (Å²) in [5.41, 5.74) is 1.92. The number of aryl methyl sites for hydroxylation is 1. The van der Waals surface area contributed by atoms with E-state index in [1.54, 1.807) is 18.9 Å². The smallest absolute Gasteiger partial charge is 0.188 e. The molecule has 2 aromatic rings. The molecule has 1 aromatic carbocycles. The van der Waals surface area contributed by atoms with Crippen molar-refractivity contribution in [3.05, 3.63) is 36.5 Å². The maximum Gasteiger partial charge on any atom is 0.188 e. The second-order valence-electron chi connectivity index (χ2n) is 3.57. The summed E-state index contributed by atoms with van der Waals surface area (Å²) in [6, 6.07) is 5.84. The van der Waals surface area contributed by atoms with E-state index < -0.39 is 0 Å². The summed E-state index contributed by atoms with van der Waals surface area (Å²) in [4.78, 5) is 8.96. The molecule has 0 amide bonds. The molecule has 3 nitrogen and oxygen atoms in total. The average molecular weight is 246 g/mol. The number of methoxy groups -OCH3 is 1. The topological polar surface area (TPSA) is 35.0 Å². The van der Waals surface area contributed by atoms with Crippen molar-refractivity contribution in [2.45, 2.75) is 12.1 Å². The van der Waals surface area contributed by atoms with Crippen molar-refractivity contribution in [2.24, 2.45) is 0 Å². The number of fused-ring (bicyclic) bond motifs is 1. The Hall–Kier alpha value is -1.55. The second-order valence-corrected chi connectivity index (χ2v) is 4.56. The Morgan fingerprint density at radius 2 is 2.24 bits per heavy atom. The van der Waals surface area contributed by atoms with Crippen LogP contribution in [-0.2, 0) is 0 Å². The molecule has 1 heterocycles. The fraction of sp³-hybridized carbons (Fsp3) is 0.231. The minimum atomic E-state index is 0.792. The zero-order valence-corrected chi connectivity index (χ0v) is 10.8. The normalized spacial score (nSPS) is 10.5. The van der Waals surface area contributed by atoms with Crippen molar-refractivity contribution in [2.75, 3.05) is 12.9 Å². The molecule has 88 valence electrons. The molecule has 17 heavy (non-hydrogen) atoms. The fourth-order valence-electron chi connectivity index (χ4n) is 1.56. The van der Waals surface area contributed by atoms with Crippen molar-refractivity contribution < 1.29 is 4.74 Å². The van der Waals surface area contributed by atoms with Crippen LogP contribution in [0.2, 0.25) is 0 Å². The summed E-state index contributed by atoms with van der Waals surface area (Å²) in [7, 11) is 1.66. The van der Waals surface area contributed by atoms with Gasteiger partial charge in [0.2, 0.25) is 0 Å². The summed E-state index contributed by atoms with van der Waals surface area (Å²) in [6.45, 7) is 5.68. The number of benzene rings is 1. The summed E-state index contributed by atoms with van der Waals surface area (Å²) in [5.74, 6) is 1.65. The van der Waals surface area contributed by atoms with Gasteiger partial charge in [0.1, 0.15) is 5.75 Å². The van der Waals surface area contributed by atoms with Gasteiger partial charge in [0, 0.05) is 16.8 Å². The van der Waals surface area contributed by atoms with Gasteiger partial charge in [-0.2, -0.15) is 0 Å². The molecule has 0 radical (unpaired) electrons. The molecule has 0 saturated heterocycles. The van der Waals surface area contributed by atoms with E-state index in [9.17, 15) is 0 Å². The van der Waals surface area contributed by atoms with E-state index in [0.717, 1.165) is 33.3 Å². The van der Waals surface area contributed by atoms with E-state index in [2.05, 4.69) is 16.5 Å². The van der Waals surface area contributed by atoms with E-state index in [1.165, 1.54) is 0 Å². The maximum absolute atomic E-state index is 5.20. The van der Waals surface area contributed by atoms with Gasteiger partial charge in [-0.15, -0.1) is 6.58 Å². The lowest BCUT2D eigenvalue weighted by Gasteiger charge is -2.06. The molecular formula is C13H14N2OS. The SMILES string of the molecule is C=CCSc1nc(C)c2cc(OC)ccc2n1. The van der Waals surface area contributed by atoms with Gasteiger partial charge in [0.05, 0.1) is 12.6 Å². The zero-order valence-electron chi connectivity index (χ0n) is 9.93. The minimum Gasteiger partial charge on any atom is -0.497 e. The largest absolute Gasteiger partial charge is 0.497 e. The maximum atomic E-state index is 5.20. The first-order valence-corrected chi connectivity index (χ1v) is 6.29. The zero-order chi connectivity index (χ0) is 12.3. The third-order valence-electron chi connectivity index (χ3n) is 2.40. The molecule has 0 spiro atoms. The summed E-state index contributed by atoms with van der Waals surface area (Å²) >= 11 is 1.59. The Morgan fingerprint density at radius 3 is 2.94 bits per heavy atom. The molecule has 1 aromatic heterocycles. The summed E-state index contributed by atoms with van der Waals surface area (Å²) in [6.07, 6.45) is 1.85. The number of thioether (sulfide) groups is 1. The number of nitrogens with zero attached hydrogens (tertiary/aromatic N) is 2. The highest BCUT2D eigenvalue weighted by Gasteiger charge is 2.05. The minimum absolute atomic E-state index is 0.792. The van der Waals surface area contributed by atoms with Crippen molar-refractivity contribution >= 4 is 22.7 Å². The Balaban J connectivity index is 2.47. The van der Waals surface area contributed by atoms with Crippen molar-refractivity contribution in [3.8, 4) is 5.75 Å². The molecule has 0 aliphatic rings. The Bertz CT molecular complexity index is 554. The van der Waals surface area contributed by atoms with Crippen LogP contribution in [0.5, 0.6) is 5.75 Å². The monoisotopic (exact) mass is 246 g/mol. The van der Waals surface area contributed by atoms with Crippen LogP contribution < -0.4 is 4.74 Å². The Kier molecular flexibility index (Phi) is 3.64. The molecule has 0 aliphatic carbocycles. The third-order valence-corrected chi connectivity index (χ3v) is 3.25. The van der Waals surface area contributed by atoms with E-state index in [4.69, 9.17) is 4.74 Å². The van der Waals surface area contributed by atoms with E-state index in [1.807, 2.05) is 31.2 Å². The molecule has 0 bridgehead atoms. The van der Waals surface area contributed by atoms with E-state index in [-0.39, 0.29) is 0 Å². The standard InChI is InChI=1S/C13H14N2OS/c1-4-7-17-13-14-9(2)11-8-10(16-3)5-6-12(11)15-13/h4-6,8H,1,7H2,2-3H3. The molecular weight excluding hydrogens is 232 g/mol. The lowest BCUT2D eigenvalue weighted by atomic mass is 10.2. The van der Waals surface area contributed by atoms with Crippen LogP contribution in [0.4, 0.5) is 0 Å². The first kappa shape index (κ1) is 11.9. The second kappa shape index (κ2) is 5.19. The van der Waals surface area contributed by atoms with Gasteiger partial charge >= 0.3 is 0 Å². The molecule has 0 atom stereocenters. The lowest BCUT2D eigenvalue weighted by molar-refractivity contribution is 0.415. The molecule has 0 aliphatic heterocycles. The quantitative estimate of drug-likeness (QED) is 0.471. The van der Waals surface area contributed by atoms with Gasteiger partial charge in [-0.25, -0.2) is 9.97 Å². The lowest BCUT2D eigenvalue weighted by Crippen LogP contribution is -1.94. The molecule has 2 rings (SSSR count). The predicted octanol–water partition coefficient (Wildman–Crippen LogP) is 3.22. The number of rotatable bonds is 4. The molecule has 0 unspecified atom stereocenters. The third kappa shape index (κ3) is 2.58. The van der Waals surface area contributed by atoms with Gasteiger partial charge in [-0.05, 0) is 25.1 Å². The van der Waals surface area contributed by atoms with Crippen molar-refractivity contribution in [3.63, 3.8) is 0 Å². The van der Waals surface area contributed by atoms with E-state index in [0.29, 0.717) is 0 Å². The number of ether oxygens (including phenoxy) is 1. The van der Waals surface area contributed by atoms with E-state index >= 15 is 0 Å². The average Bonchev–Trinajstić information content (AvgIpc) is 2.36. The van der Waals surface area contributed by atoms with Gasteiger partial charge in [0.15, 0.2) is 5.16 Å². The first-order chi connectivity index (χ1) is 8.24.